The second-order valence-electron chi connectivity index (χ2n) is 14.4. The largest absolute Gasteiger partial charge is 0.478 e. The fourth-order valence-electron chi connectivity index (χ4n) is 7.26. The molecule has 2 aliphatic rings. The lowest BCUT2D eigenvalue weighted by Crippen LogP contribution is -2.34. The fraction of sp³-hybridized carbons (Fsp3) is 0.350. The van der Waals surface area contributed by atoms with E-state index in [1.54, 1.807) is 0 Å². The van der Waals surface area contributed by atoms with Crippen LogP contribution in [0.5, 0.6) is 17.2 Å². The molecule has 0 radical (unpaired) electrons. The quantitative estimate of drug-likeness (QED) is 0.0521. The Bertz CT molecular complexity index is 2610. The number of carbonyl (C=O) groups is 3. The Kier molecular flexibility index (Phi) is 13.7. The molecule has 1 aliphatic carbocycles. The average molecular weight is 930 g/mol. The Labute approximate surface area is 364 Å². The maximum Gasteiger partial charge on any atom is 0.444 e. The van der Waals surface area contributed by atoms with Gasteiger partial charge in [-0.3, -0.25) is 9.09 Å². The van der Waals surface area contributed by atoms with E-state index in [2.05, 4.69) is 15.0 Å². The highest BCUT2D eigenvalue weighted by Gasteiger charge is 2.49. The minimum atomic E-state index is -5.10. The Morgan fingerprint density at radius 2 is 1.33 bits per heavy atom. The second-order valence-corrected chi connectivity index (χ2v) is 19.2. The number of carboxylic acid groups (broad SMARTS) is 1. The Morgan fingerprint density at radius 3 is 1.89 bits per heavy atom. The normalized spacial score (nSPS) is 20.7. The maximum absolute atomic E-state index is 15.2. The molecule has 3 heterocycles. The van der Waals surface area contributed by atoms with Gasteiger partial charge in [-0.25, -0.2) is 28.5 Å². The number of aromatic carboxylic acids is 1. The lowest BCUT2D eigenvalue weighted by molar-refractivity contribution is -0.0482. The molecule has 7 rings (SSSR count). The van der Waals surface area contributed by atoms with Crippen molar-refractivity contribution in [3.8, 4) is 17.2 Å². The van der Waals surface area contributed by atoms with Gasteiger partial charge in [0.1, 0.15) is 52.3 Å². The van der Waals surface area contributed by atoms with Crippen LogP contribution in [-0.2, 0) is 27.9 Å². The van der Waals surface area contributed by atoms with E-state index in [9.17, 15) is 29.7 Å². The predicted octanol–water partition coefficient (Wildman–Crippen LogP) is 6.35. The van der Waals surface area contributed by atoms with Crippen LogP contribution >= 0.6 is 26.8 Å². The number of aromatic nitrogens is 4. The van der Waals surface area contributed by atoms with Gasteiger partial charge in [-0.15, -0.1) is 0 Å². The maximum atomic E-state index is 15.2. The second kappa shape index (κ2) is 19.0. The molecule has 2 fully saturated rings. The van der Waals surface area contributed by atoms with Gasteiger partial charge in [0.05, 0.1) is 27.2 Å². The van der Waals surface area contributed by atoms with E-state index in [0.717, 1.165) is 46.0 Å². The van der Waals surface area contributed by atoms with Crippen molar-refractivity contribution in [2.75, 3.05) is 38.7 Å². The molecular formula is C40H42ClN5O15P2. The van der Waals surface area contributed by atoms with Crippen LogP contribution in [0.25, 0.3) is 11.2 Å². The molecular weight excluding hydrogens is 888 g/mol. The summed E-state index contributed by atoms with van der Waals surface area (Å²) in [5.74, 6) is -5.39. The molecule has 5 aromatic rings. The summed E-state index contributed by atoms with van der Waals surface area (Å²) in [6, 6.07) is 16.1. The number of imidazole rings is 1. The Morgan fingerprint density at radius 1 is 0.810 bits per heavy atom. The van der Waals surface area contributed by atoms with Crippen LogP contribution in [0.3, 0.4) is 0 Å². The van der Waals surface area contributed by atoms with Crippen molar-refractivity contribution in [1.29, 1.82) is 0 Å². The molecule has 1 aliphatic heterocycles. The number of carboxylic acids is 1. The number of methoxy groups -OCH3 is 2. The monoisotopic (exact) mass is 929 g/mol. The van der Waals surface area contributed by atoms with Crippen LogP contribution in [0, 0.1) is 0 Å². The van der Waals surface area contributed by atoms with Gasteiger partial charge in [-0.2, -0.15) is 9.97 Å². The number of rotatable bonds is 17. The Hall–Kier alpha value is -5.59. The summed E-state index contributed by atoms with van der Waals surface area (Å²) in [6.07, 6.45) is -0.827. The van der Waals surface area contributed by atoms with Crippen molar-refractivity contribution in [2.24, 2.45) is 0 Å². The molecule has 3 N–H and O–H groups in total. The third-order valence-corrected chi connectivity index (χ3v) is 15.3. The zero-order chi connectivity index (χ0) is 45.1. The van der Waals surface area contributed by atoms with Crippen LogP contribution in [0.2, 0.25) is 5.28 Å². The SMILES string of the molecule is COC(=O)c1ccccc1OP(=O)(CP(=O)(Oc1ccccc1C(=O)O)Oc1ccccc1C(=O)OC)OC[C@H]1O[C@@H](n2cnc3c(N(C)C4CCCC4)nc(Cl)nc32)[C@H](O)[C@@H]1O. The first-order chi connectivity index (χ1) is 30.1. The van der Waals surface area contributed by atoms with Crippen molar-refractivity contribution in [2.45, 2.75) is 56.3 Å². The highest BCUT2D eigenvalue weighted by molar-refractivity contribution is 7.72. The Balaban J connectivity index is 1.24. The molecule has 3 aromatic carbocycles. The van der Waals surface area contributed by atoms with Gasteiger partial charge in [0.15, 0.2) is 29.1 Å². The van der Waals surface area contributed by atoms with Gasteiger partial charge in [-0.1, -0.05) is 49.2 Å². The van der Waals surface area contributed by atoms with Crippen molar-refractivity contribution >= 4 is 61.7 Å². The molecule has 334 valence electrons. The highest BCUT2D eigenvalue weighted by atomic mass is 35.5. The standard InChI is InChI=1S/C40H42ClN5O15P2/c1-45(23-12-4-5-13-23)34-31-35(44-40(41)43-34)46(21-42-31)36-33(48)32(47)30(58-36)20-57-62(53,59-28-18-10-7-15-25(28)38(51)55-2)22-63(54,60-27-17-9-6-14-24(27)37(49)50)61-29-19-11-8-16-26(29)39(52)56-3/h6-11,14-19,21,23,30,32-33,36,47-48H,4-5,12-13,20,22H2,1-3H3,(H,49,50)/t30-,32-,33-,36-,62?,63?/m1/s1. The summed E-state index contributed by atoms with van der Waals surface area (Å²) in [6.45, 7) is -0.825. The van der Waals surface area contributed by atoms with Gasteiger partial charge in [0, 0.05) is 13.1 Å². The van der Waals surface area contributed by atoms with Gasteiger partial charge in [0.25, 0.3) is 0 Å². The van der Waals surface area contributed by atoms with Crippen LogP contribution < -0.4 is 18.5 Å². The number of benzene rings is 3. The first kappa shape index (κ1) is 45.4. The fourth-order valence-corrected chi connectivity index (χ4v) is 12.0. The number of carbonyl (C=O) groups excluding carboxylic acids is 2. The summed E-state index contributed by atoms with van der Waals surface area (Å²) >= 11 is 6.39. The number of anilines is 1. The van der Waals surface area contributed by atoms with Gasteiger partial charge >= 0.3 is 33.1 Å². The van der Waals surface area contributed by atoms with Crippen molar-refractivity contribution < 1.29 is 71.1 Å². The van der Waals surface area contributed by atoms with E-state index < -0.39 is 81.5 Å². The third-order valence-electron chi connectivity index (χ3n) is 10.4. The van der Waals surface area contributed by atoms with E-state index in [1.165, 1.54) is 77.6 Å². The number of ether oxygens (including phenoxy) is 3. The first-order valence-electron chi connectivity index (χ1n) is 19.4. The van der Waals surface area contributed by atoms with Crippen LogP contribution in [0.1, 0.15) is 63.0 Å². The van der Waals surface area contributed by atoms with E-state index in [0.29, 0.717) is 11.3 Å². The van der Waals surface area contributed by atoms with E-state index in [1.807, 2.05) is 11.9 Å². The molecule has 0 spiro atoms. The molecule has 20 nitrogen and oxygen atoms in total. The van der Waals surface area contributed by atoms with E-state index in [-0.39, 0.29) is 39.6 Å². The van der Waals surface area contributed by atoms with Crippen LogP contribution in [0.15, 0.2) is 79.1 Å². The highest BCUT2D eigenvalue weighted by Crippen LogP contribution is 2.64. The zero-order valence-corrected chi connectivity index (χ0v) is 36.4. The van der Waals surface area contributed by atoms with Crippen molar-refractivity contribution in [3.63, 3.8) is 0 Å². The molecule has 2 aromatic heterocycles. The summed E-state index contributed by atoms with van der Waals surface area (Å²) in [5.41, 5.74) is -0.388. The third kappa shape index (κ3) is 9.82. The molecule has 63 heavy (non-hydrogen) atoms. The van der Waals surface area contributed by atoms with E-state index in [4.69, 9.17) is 43.9 Å². The molecule has 0 amide bonds. The summed E-state index contributed by atoms with van der Waals surface area (Å²) in [5, 5.41) is 32.5. The van der Waals surface area contributed by atoms with Crippen molar-refractivity contribution in [3.05, 3.63) is 101 Å². The minimum Gasteiger partial charge on any atom is -0.478 e. The topological polar surface area (TPSA) is 257 Å². The number of hydrogen-bond donors (Lipinski definition) is 3. The summed E-state index contributed by atoms with van der Waals surface area (Å²) < 4.78 is 71.0. The summed E-state index contributed by atoms with van der Waals surface area (Å²) in [4.78, 5) is 53.0. The number of nitrogens with zero attached hydrogens (tertiary/aromatic N) is 5. The zero-order valence-electron chi connectivity index (χ0n) is 33.9. The molecule has 0 bridgehead atoms. The number of aliphatic hydroxyl groups excluding tert-OH is 2. The van der Waals surface area contributed by atoms with Crippen LogP contribution in [-0.4, -0.2) is 111 Å². The van der Waals surface area contributed by atoms with Gasteiger partial charge < -0.3 is 48.0 Å². The number of hydrogen-bond acceptors (Lipinski definition) is 18. The molecule has 6 atom stereocenters. The number of fused-ring (bicyclic) bond motifs is 1. The molecule has 1 saturated heterocycles. The number of aliphatic hydroxyl groups is 2. The lowest BCUT2D eigenvalue weighted by atomic mass is 10.1. The van der Waals surface area contributed by atoms with Crippen molar-refractivity contribution in [1.82, 2.24) is 19.5 Å². The average Bonchev–Trinajstić information content (AvgIpc) is 4.02. The predicted molar refractivity (Wildman–Crippen MR) is 224 cm³/mol. The first-order valence-corrected chi connectivity index (χ1v) is 23.2. The smallest absolute Gasteiger partial charge is 0.444 e. The van der Waals surface area contributed by atoms with Gasteiger partial charge in [0.2, 0.25) is 5.28 Å². The number of esters is 2. The summed E-state index contributed by atoms with van der Waals surface area (Å²) in [7, 11) is -6.09. The number of halogens is 1. The lowest BCUT2D eigenvalue weighted by Gasteiger charge is -2.27. The van der Waals surface area contributed by atoms with E-state index >= 15 is 9.13 Å². The van der Waals surface area contributed by atoms with Crippen LogP contribution in [0.4, 0.5) is 5.82 Å². The minimum absolute atomic E-state index is 0.101. The molecule has 1 saturated carbocycles. The molecule has 23 heteroatoms. The molecule has 2 unspecified atom stereocenters. The van der Waals surface area contributed by atoms with Gasteiger partial charge in [-0.05, 0) is 60.8 Å². The number of para-hydroxylation sites is 3.